The lowest BCUT2D eigenvalue weighted by Gasteiger charge is -2.21. The van der Waals surface area contributed by atoms with Gasteiger partial charge in [-0.15, -0.1) is 0 Å². The molecular formula is C22H46N4O5. The number of nitrogens with zero attached hydrogens (tertiary/aromatic N) is 1. The smallest absolute Gasteiger partial charge is 0.243 e. The van der Waals surface area contributed by atoms with E-state index < -0.39 is 6.04 Å². The van der Waals surface area contributed by atoms with Crippen LogP contribution < -0.4 is 16.0 Å². The lowest BCUT2D eigenvalue weighted by molar-refractivity contribution is -0.139. The number of amides is 5. The van der Waals surface area contributed by atoms with Crippen molar-refractivity contribution in [3.63, 3.8) is 0 Å². The van der Waals surface area contributed by atoms with Crippen LogP contribution in [0.1, 0.15) is 77.9 Å². The highest BCUT2D eigenvalue weighted by atomic mass is 16.2. The second-order valence-corrected chi connectivity index (χ2v) is 7.76. The van der Waals surface area contributed by atoms with Crippen molar-refractivity contribution in [3.05, 3.63) is 0 Å². The van der Waals surface area contributed by atoms with E-state index in [0.717, 1.165) is 0 Å². The molecule has 1 heterocycles. The predicted octanol–water partition coefficient (Wildman–Crippen LogP) is 2.10. The molecule has 1 saturated heterocycles. The van der Waals surface area contributed by atoms with Crippen LogP contribution >= 0.6 is 0 Å². The van der Waals surface area contributed by atoms with Gasteiger partial charge in [-0.25, -0.2) is 0 Å². The van der Waals surface area contributed by atoms with E-state index in [1.165, 1.54) is 4.90 Å². The number of carbonyl (C=O) groups excluding carboxylic acids is 5. The Hall–Kier alpha value is -2.45. The third-order valence-electron chi connectivity index (χ3n) is 4.82. The Morgan fingerprint density at radius 3 is 2.23 bits per heavy atom. The minimum atomic E-state index is -0.710. The average Bonchev–Trinajstić information content (AvgIpc) is 2.97. The molecule has 9 heteroatoms. The summed E-state index contributed by atoms with van der Waals surface area (Å²) in [6.45, 7) is 11.9. The van der Waals surface area contributed by atoms with E-state index in [1.807, 2.05) is 27.7 Å². The Labute approximate surface area is 190 Å². The fraction of sp³-hybridized carbons (Fsp3) is 0.773. The van der Waals surface area contributed by atoms with Crippen molar-refractivity contribution in [1.29, 1.82) is 0 Å². The molecule has 2 atom stereocenters. The summed E-state index contributed by atoms with van der Waals surface area (Å²) in [7, 11) is 0. The molecule has 31 heavy (non-hydrogen) atoms. The lowest BCUT2D eigenvalue weighted by atomic mass is 10.0. The number of hydrogen-bond acceptors (Lipinski definition) is 5. The van der Waals surface area contributed by atoms with Gasteiger partial charge in [0.25, 0.3) is 0 Å². The third kappa shape index (κ3) is 10.4. The van der Waals surface area contributed by atoms with Crippen molar-refractivity contribution in [2.45, 2.75) is 79.7 Å². The fourth-order valence-corrected chi connectivity index (χ4v) is 3.13. The van der Waals surface area contributed by atoms with E-state index in [4.69, 9.17) is 0 Å². The molecular weight excluding hydrogens is 400 g/mol. The molecule has 184 valence electrons. The second-order valence-electron chi connectivity index (χ2n) is 7.76. The van der Waals surface area contributed by atoms with E-state index in [0.29, 0.717) is 32.4 Å². The van der Waals surface area contributed by atoms with Crippen molar-refractivity contribution in [2.24, 2.45) is 11.8 Å². The zero-order valence-corrected chi connectivity index (χ0v) is 19.9. The minimum Gasteiger partial charge on any atom is -0.355 e. The average molecular weight is 447 g/mol. The molecule has 0 aromatic heterocycles. The summed E-state index contributed by atoms with van der Waals surface area (Å²) < 4.78 is 0. The lowest BCUT2D eigenvalue weighted by Crippen LogP contribution is -2.51. The minimum absolute atomic E-state index is 0. The van der Waals surface area contributed by atoms with Crippen LogP contribution in [-0.4, -0.2) is 60.1 Å². The Morgan fingerprint density at radius 2 is 1.71 bits per heavy atom. The first-order chi connectivity index (χ1) is 14.7. The molecule has 1 aliphatic heterocycles. The van der Waals surface area contributed by atoms with Gasteiger partial charge in [-0.3, -0.25) is 28.9 Å². The molecule has 3 N–H and O–H groups in total. The molecule has 0 spiro atoms. The molecule has 9 nitrogen and oxygen atoms in total. The Morgan fingerprint density at radius 1 is 1.06 bits per heavy atom. The molecule has 0 aromatic rings. The van der Waals surface area contributed by atoms with Crippen LogP contribution in [0.5, 0.6) is 0 Å². The highest BCUT2D eigenvalue weighted by Gasteiger charge is 2.34. The predicted molar refractivity (Wildman–Crippen MR) is 125 cm³/mol. The van der Waals surface area contributed by atoms with Crippen LogP contribution in [-0.2, 0) is 24.0 Å². The highest BCUT2D eigenvalue weighted by Crippen LogP contribution is 2.19. The van der Waals surface area contributed by atoms with Gasteiger partial charge in [0, 0.05) is 36.1 Å². The monoisotopic (exact) mass is 446 g/mol. The van der Waals surface area contributed by atoms with E-state index >= 15 is 0 Å². The summed E-state index contributed by atoms with van der Waals surface area (Å²) in [4.78, 5) is 60.8. The largest absolute Gasteiger partial charge is 0.355 e. The first kappa shape index (κ1) is 28.5. The molecule has 0 saturated carbocycles. The molecule has 0 aliphatic carbocycles. The van der Waals surface area contributed by atoms with Gasteiger partial charge in [-0.1, -0.05) is 41.0 Å². The van der Waals surface area contributed by atoms with Gasteiger partial charge < -0.3 is 16.0 Å². The first-order valence-corrected chi connectivity index (χ1v) is 11.3. The number of likely N-dealkylation sites (N-methyl/N-ethyl adjacent to an activating group) is 1. The molecule has 5 amide bonds. The van der Waals surface area contributed by atoms with Crippen molar-refractivity contribution < 1.29 is 28.3 Å². The fourth-order valence-electron chi connectivity index (χ4n) is 3.13. The topological polar surface area (TPSA) is 125 Å². The zero-order valence-electron chi connectivity index (χ0n) is 19.9. The van der Waals surface area contributed by atoms with Gasteiger partial charge in [-0.2, -0.15) is 0 Å². The quantitative estimate of drug-likeness (QED) is 0.313. The van der Waals surface area contributed by atoms with Gasteiger partial charge in [-0.05, 0) is 25.7 Å². The first-order valence-electron chi connectivity index (χ1n) is 11.3. The zero-order chi connectivity index (χ0) is 24.0. The van der Waals surface area contributed by atoms with E-state index in [1.54, 1.807) is 13.8 Å². The normalized spacial score (nSPS) is 16.5. The Balaban J connectivity index is -0.000000875. The molecule has 1 aliphatic rings. The molecule has 1 unspecified atom stereocenters. The van der Waals surface area contributed by atoms with Crippen LogP contribution in [0.25, 0.3) is 0 Å². The number of likely N-dealkylation sites (tertiary alicyclic amines) is 1. The number of carbonyl (C=O) groups is 5. The van der Waals surface area contributed by atoms with Gasteiger partial charge in [0.1, 0.15) is 6.04 Å². The summed E-state index contributed by atoms with van der Waals surface area (Å²) in [6, 6.07) is -0.710. The Kier molecular flexibility index (Phi) is 14.2. The van der Waals surface area contributed by atoms with Gasteiger partial charge >= 0.3 is 0 Å². The molecule has 0 radical (unpaired) electrons. The van der Waals surface area contributed by atoms with Crippen LogP contribution in [0.3, 0.4) is 0 Å². The van der Waals surface area contributed by atoms with Crippen molar-refractivity contribution in [1.82, 2.24) is 20.9 Å². The number of imide groups is 1. The van der Waals surface area contributed by atoms with E-state index in [-0.39, 0.29) is 65.0 Å². The van der Waals surface area contributed by atoms with Crippen molar-refractivity contribution in [3.8, 4) is 0 Å². The summed E-state index contributed by atoms with van der Waals surface area (Å²) in [5.41, 5.74) is 0. The number of hydrogen-bond donors (Lipinski definition) is 3. The summed E-state index contributed by atoms with van der Waals surface area (Å²) in [6.07, 6.45) is 2.49. The maximum absolute atomic E-state index is 12.3. The Bertz CT molecular complexity index is 636. The van der Waals surface area contributed by atoms with E-state index in [9.17, 15) is 24.0 Å². The van der Waals surface area contributed by atoms with Gasteiger partial charge in [0.15, 0.2) is 0 Å². The van der Waals surface area contributed by atoms with Crippen LogP contribution in [0.2, 0.25) is 0 Å². The molecule has 0 aromatic carbocycles. The van der Waals surface area contributed by atoms with E-state index in [2.05, 4.69) is 16.0 Å². The summed E-state index contributed by atoms with van der Waals surface area (Å²) in [5.74, 6) is -1.51. The standard InChI is InChI=1S/C20H34N4O5.C2H6.3H2/c1-5-21-16(26)12-22-19(28)18(13(2)3)23-15(25)9-7-6-8-10-24-17(27)11-14(4)20(24)29;1-2;;;/h13-14,18H,5-12H2,1-4H3,(H,21,26)(H,22,28)(H,23,25);1-2H3;3*1H/t14?,18-;;;;/m0..../s1. The van der Waals surface area contributed by atoms with Gasteiger partial charge in [0.05, 0.1) is 6.54 Å². The number of nitrogens with one attached hydrogen (secondary N) is 3. The third-order valence-corrected chi connectivity index (χ3v) is 4.82. The maximum Gasteiger partial charge on any atom is 0.243 e. The molecule has 0 bridgehead atoms. The molecule has 1 rings (SSSR count). The molecule has 1 fully saturated rings. The van der Waals surface area contributed by atoms with Crippen LogP contribution in [0, 0.1) is 11.8 Å². The van der Waals surface area contributed by atoms with Crippen LogP contribution in [0.15, 0.2) is 0 Å². The number of unbranched alkanes of at least 4 members (excludes halogenated alkanes) is 2. The highest BCUT2D eigenvalue weighted by molar-refractivity contribution is 6.03. The summed E-state index contributed by atoms with van der Waals surface area (Å²) in [5, 5.41) is 7.85. The van der Waals surface area contributed by atoms with Crippen molar-refractivity contribution >= 4 is 29.5 Å². The summed E-state index contributed by atoms with van der Waals surface area (Å²) >= 11 is 0. The van der Waals surface area contributed by atoms with Crippen molar-refractivity contribution in [2.75, 3.05) is 19.6 Å². The van der Waals surface area contributed by atoms with Gasteiger partial charge in [0.2, 0.25) is 29.5 Å². The van der Waals surface area contributed by atoms with Crippen LogP contribution in [0.4, 0.5) is 0 Å². The number of rotatable bonds is 12. The SMILES string of the molecule is CC.CCNC(=O)CNC(=O)[C@@H](NC(=O)CCCCCN1C(=O)CC(C)C1=O)C(C)C.[HH].[HH].[HH]. The second kappa shape index (κ2) is 15.4. The maximum atomic E-state index is 12.3.